The van der Waals surface area contributed by atoms with E-state index in [4.69, 9.17) is 5.11 Å². The maximum Gasteiger partial charge on any atom is 0.262 e. The molecule has 0 radical (unpaired) electrons. The Morgan fingerprint density at radius 2 is 2.17 bits per heavy atom. The van der Waals surface area contributed by atoms with Gasteiger partial charge in [0.2, 0.25) is 0 Å². The minimum Gasteiger partial charge on any atom is -0.396 e. The van der Waals surface area contributed by atoms with Crippen molar-refractivity contribution in [2.45, 2.75) is 25.7 Å². The molecule has 0 saturated heterocycles. The molecular formula is C12H14N2O2S2. The molecule has 0 spiro atoms. The maximum atomic E-state index is 12.1. The van der Waals surface area contributed by atoms with E-state index >= 15 is 0 Å². The lowest BCUT2D eigenvalue weighted by Gasteiger charge is -2.17. The van der Waals surface area contributed by atoms with E-state index in [2.05, 4.69) is 9.98 Å². The van der Waals surface area contributed by atoms with Crippen LogP contribution >= 0.6 is 23.5 Å². The molecule has 0 bridgehead atoms. The van der Waals surface area contributed by atoms with Gasteiger partial charge >= 0.3 is 0 Å². The minimum atomic E-state index is -0.177. The molecular weight excluding hydrogens is 268 g/mol. The lowest BCUT2D eigenvalue weighted by molar-refractivity contribution is -0.118. The minimum absolute atomic E-state index is 0.0696. The Kier molecular flexibility index (Phi) is 3.59. The summed E-state index contributed by atoms with van der Waals surface area (Å²) in [5.74, 6) is 0.286. The largest absolute Gasteiger partial charge is 0.396 e. The molecule has 0 aromatic heterocycles. The quantitative estimate of drug-likeness (QED) is 0.843. The zero-order valence-corrected chi connectivity index (χ0v) is 11.5. The number of thioether (sulfide) groups is 2. The summed E-state index contributed by atoms with van der Waals surface area (Å²) in [5, 5.41) is 10.2. The Bertz CT molecular complexity index is 482. The molecule has 1 amide bonds. The summed E-state index contributed by atoms with van der Waals surface area (Å²) in [6.07, 6.45) is 4.49. The molecule has 0 aromatic carbocycles. The van der Waals surface area contributed by atoms with Gasteiger partial charge in [0.1, 0.15) is 5.92 Å². The van der Waals surface area contributed by atoms with Gasteiger partial charge in [-0.2, -0.15) is 4.99 Å². The maximum absolute atomic E-state index is 12.1. The highest BCUT2D eigenvalue weighted by molar-refractivity contribution is 8.18. The number of aliphatic hydroxyl groups excluding tert-OH is 1. The van der Waals surface area contributed by atoms with Crippen LogP contribution in [0.15, 0.2) is 20.5 Å². The number of aliphatic hydroxyl groups is 1. The van der Waals surface area contributed by atoms with Crippen LogP contribution in [0.1, 0.15) is 25.7 Å². The van der Waals surface area contributed by atoms with E-state index in [1.807, 2.05) is 0 Å². The number of amidine groups is 1. The van der Waals surface area contributed by atoms with Crippen molar-refractivity contribution < 1.29 is 9.90 Å². The second kappa shape index (κ2) is 5.19. The van der Waals surface area contributed by atoms with Crippen LogP contribution in [0.3, 0.4) is 0 Å². The molecule has 3 aliphatic rings. The van der Waals surface area contributed by atoms with E-state index in [-0.39, 0.29) is 18.4 Å². The van der Waals surface area contributed by atoms with Crippen molar-refractivity contribution >= 4 is 39.6 Å². The summed E-state index contributed by atoms with van der Waals surface area (Å²) in [4.78, 5) is 22.0. The van der Waals surface area contributed by atoms with Gasteiger partial charge in [0.15, 0.2) is 5.17 Å². The predicted molar refractivity (Wildman–Crippen MR) is 76.0 cm³/mol. The summed E-state index contributed by atoms with van der Waals surface area (Å²) in [6, 6.07) is 0. The molecule has 3 rings (SSSR count). The van der Waals surface area contributed by atoms with Gasteiger partial charge in [-0.05, 0) is 36.2 Å². The molecule has 18 heavy (non-hydrogen) atoms. The first kappa shape index (κ1) is 12.4. The van der Waals surface area contributed by atoms with Gasteiger partial charge in [-0.1, -0.05) is 23.5 Å². The zero-order valence-electron chi connectivity index (χ0n) is 9.89. The third-order valence-corrected chi connectivity index (χ3v) is 5.34. The molecule has 0 saturated carbocycles. The molecule has 0 fully saturated rings. The Morgan fingerprint density at radius 1 is 1.33 bits per heavy atom. The molecule has 6 heteroatoms. The number of rotatable bonds is 2. The van der Waals surface area contributed by atoms with Gasteiger partial charge in [0.25, 0.3) is 5.91 Å². The summed E-state index contributed by atoms with van der Waals surface area (Å²) >= 11 is 3.01. The number of allylic oxidation sites excluding steroid dienone is 1. The highest BCUT2D eigenvalue weighted by atomic mass is 32.2. The molecule has 1 unspecified atom stereocenters. The van der Waals surface area contributed by atoms with Crippen LogP contribution in [0.2, 0.25) is 0 Å². The third-order valence-electron chi connectivity index (χ3n) is 3.26. The zero-order chi connectivity index (χ0) is 12.5. The van der Waals surface area contributed by atoms with E-state index in [0.29, 0.717) is 10.9 Å². The van der Waals surface area contributed by atoms with Crippen LogP contribution in [0, 0.1) is 5.92 Å². The Morgan fingerprint density at radius 3 is 3.00 bits per heavy atom. The van der Waals surface area contributed by atoms with Crippen molar-refractivity contribution in [1.82, 2.24) is 0 Å². The van der Waals surface area contributed by atoms with Crippen molar-refractivity contribution in [2.24, 2.45) is 15.9 Å². The average Bonchev–Trinajstić information content (AvgIpc) is 2.74. The lowest BCUT2D eigenvalue weighted by atomic mass is 9.89. The van der Waals surface area contributed by atoms with E-state index in [1.54, 1.807) is 11.8 Å². The second-order valence-electron chi connectivity index (χ2n) is 4.45. The Hall–Kier alpha value is -0.590. The number of carbonyl (C=O) groups excluding carboxylic acids is 1. The predicted octanol–water partition coefficient (Wildman–Crippen LogP) is 2.20. The van der Waals surface area contributed by atoms with Crippen LogP contribution in [0.25, 0.3) is 0 Å². The van der Waals surface area contributed by atoms with Crippen LogP contribution in [-0.2, 0) is 4.79 Å². The van der Waals surface area contributed by atoms with Crippen LogP contribution < -0.4 is 0 Å². The lowest BCUT2D eigenvalue weighted by Crippen LogP contribution is -2.25. The normalized spacial score (nSPS) is 26.7. The summed E-state index contributed by atoms with van der Waals surface area (Å²) in [7, 11) is 0. The van der Waals surface area contributed by atoms with Gasteiger partial charge in [-0.25, -0.2) is 4.99 Å². The Balaban J connectivity index is 1.83. The number of carbonyl (C=O) groups is 1. The van der Waals surface area contributed by atoms with E-state index < -0.39 is 0 Å². The van der Waals surface area contributed by atoms with Crippen LogP contribution in [0.5, 0.6) is 0 Å². The van der Waals surface area contributed by atoms with Gasteiger partial charge in [0.05, 0.1) is 11.7 Å². The Labute approximate surface area is 114 Å². The molecule has 1 N–H and O–H groups in total. The highest BCUT2D eigenvalue weighted by Gasteiger charge is 2.40. The number of fused-ring (bicyclic) bond motifs is 2. The average molecular weight is 282 g/mol. The standard InChI is InChI=1S/C12H14N2O2S2/c15-5-6-17-12-13-10(16)9-7-3-1-2-4-8(7)18-11(9)14-12/h9,15H,1-6H2. The number of nitrogens with zero attached hydrogens (tertiary/aromatic N) is 2. The smallest absolute Gasteiger partial charge is 0.262 e. The van der Waals surface area contributed by atoms with E-state index in [0.717, 1.165) is 17.9 Å². The monoisotopic (exact) mass is 282 g/mol. The molecule has 96 valence electrons. The second-order valence-corrected chi connectivity index (χ2v) is 6.62. The highest BCUT2D eigenvalue weighted by Crippen LogP contribution is 2.47. The number of hydrogen-bond acceptors (Lipinski definition) is 5. The first-order valence-electron chi connectivity index (χ1n) is 6.14. The van der Waals surface area contributed by atoms with Gasteiger partial charge in [-0.15, -0.1) is 0 Å². The first-order valence-corrected chi connectivity index (χ1v) is 7.94. The number of amides is 1. The molecule has 1 atom stereocenters. The van der Waals surface area contributed by atoms with E-state index in [1.165, 1.54) is 35.1 Å². The molecule has 2 heterocycles. The molecule has 1 aliphatic carbocycles. The van der Waals surface area contributed by atoms with Crippen molar-refractivity contribution in [3.05, 3.63) is 10.5 Å². The summed E-state index contributed by atoms with van der Waals surface area (Å²) in [5.41, 5.74) is 1.27. The van der Waals surface area contributed by atoms with Crippen molar-refractivity contribution in [2.75, 3.05) is 12.4 Å². The fourth-order valence-electron chi connectivity index (χ4n) is 2.48. The number of aliphatic imine (C=N–C) groups is 2. The van der Waals surface area contributed by atoms with Crippen molar-refractivity contribution in [3.63, 3.8) is 0 Å². The fraction of sp³-hybridized carbons (Fsp3) is 0.583. The summed E-state index contributed by atoms with van der Waals surface area (Å²) < 4.78 is 0. The van der Waals surface area contributed by atoms with Crippen molar-refractivity contribution in [3.8, 4) is 0 Å². The third kappa shape index (κ3) is 2.17. The first-order chi connectivity index (χ1) is 8.79. The molecule has 4 nitrogen and oxygen atoms in total. The number of hydrogen-bond donors (Lipinski definition) is 1. The fourth-order valence-corrected chi connectivity index (χ4v) is 4.47. The van der Waals surface area contributed by atoms with Gasteiger partial charge in [0, 0.05) is 5.75 Å². The van der Waals surface area contributed by atoms with Gasteiger partial charge < -0.3 is 5.11 Å². The van der Waals surface area contributed by atoms with Crippen LogP contribution in [0.4, 0.5) is 0 Å². The van der Waals surface area contributed by atoms with Gasteiger partial charge in [-0.3, -0.25) is 4.79 Å². The van der Waals surface area contributed by atoms with Crippen LogP contribution in [-0.4, -0.2) is 33.6 Å². The van der Waals surface area contributed by atoms with E-state index in [9.17, 15) is 4.79 Å². The molecule has 2 aliphatic heterocycles. The van der Waals surface area contributed by atoms with Crippen molar-refractivity contribution in [1.29, 1.82) is 0 Å². The molecule has 0 aromatic rings. The summed E-state index contributed by atoms with van der Waals surface area (Å²) in [6.45, 7) is 0.0774. The SMILES string of the molecule is O=C1N=C(SCCO)N=C2SC3=C(CCCC3)C12. The topological polar surface area (TPSA) is 62.0 Å².